The van der Waals surface area contributed by atoms with Crippen LogP contribution in [0.1, 0.15) is 25.7 Å². The van der Waals surface area contributed by atoms with E-state index in [0.717, 1.165) is 25.7 Å². The first kappa shape index (κ1) is 21.8. The van der Waals surface area contributed by atoms with E-state index in [1.54, 1.807) is 18.3 Å². The zero-order chi connectivity index (χ0) is 22.7. The molecule has 1 saturated carbocycles. The number of nitro benzene ring substituents is 1. The van der Waals surface area contributed by atoms with Crippen LogP contribution in [0.3, 0.4) is 0 Å². The summed E-state index contributed by atoms with van der Waals surface area (Å²) >= 11 is 0. The van der Waals surface area contributed by atoms with Gasteiger partial charge in [-0.3, -0.25) is 10.1 Å². The Morgan fingerprint density at radius 2 is 1.84 bits per heavy atom. The third kappa shape index (κ3) is 5.42. The molecule has 2 heterocycles. The highest BCUT2D eigenvalue weighted by atomic mass is 32.2. The summed E-state index contributed by atoms with van der Waals surface area (Å²) in [5.41, 5.74) is 1.47. The van der Waals surface area contributed by atoms with Gasteiger partial charge in [-0.05, 0) is 31.7 Å². The average molecular weight is 459 g/mol. The number of nitrogens with one attached hydrogen (secondary N) is 3. The molecule has 3 N–H and O–H groups in total. The summed E-state index contributed by atoms with van der Waals surface area (Å²) in [5, 5.41) is 17.4. The lowest BCUT2D eigenvalue weighted by Gasteiger charge is -2.29. The Hall–Kier alpha value is -3.45. The summed E-state index contributed by atoms with van der Waals surface area (Å²) in [6, 6.07) is 6.17. The number of fused-ring (bicyclic) bond motifs is 1. The molecule has 0 saturated heterocycles. The third-order valence-electron chi connectivity index (χ3n) is 5.14. The monoisotopic (exact) mass is 458 g/mol. The normalized spacial score (nSPS) is 18.9. The fraction of sp³-hybridized carbons (Fsp3) is 0.368. The second-order valence-corrected chi connectivity index (χ2v) is 9.45. The summed E-state index contributed by atoms with van der Waals surface area (Å²) in [5.74, 6) is 0.816. The standard InChI is InChI=1S/C19H22N8O4S/c1-32(30,31)26-13-7-5-12(6-8-13)24-19-20-10-16-17(25-19)18(22-11-21-16)23-14-3-2-4-15(9-14)27(28)29/h2-4,9-13,26H,5-8H2,1H3,(H,20,24,25)(H,21,22,23)/t12-,13-. The minimum atomic E-state index is -3.22. The van der Waals surface area contributed by atoms with Crippen molar-refractivity contribution >= 4 is 44.2 Å². The van der Waals surface area contributed by atoms with Gasteiger partial charge in [0.15, 0.2) is 5.82 Å². The van der Waals surface area contributed by atoms with Crippen LogP contribution in [0.2, 0.25) is 0 Å². The predicted molar refractivity (Wildman–Crippen MR) is 119 cm³/mol. The van der Waals surface area contributed by atoms with E-state index in [9.17, 15) is 18.5 Å². The third-order valence-corrected chi connectivity index (χ3v) is 5.90. The number of hydrogen-bond donors (Lipinski definition) is 3. The molecule has 1 aliphatic carbocycles. The quantitative estimate of drug-likeness (QED) is 0.353. The molecular weight excluding hydrogens is 436 g/mol. The second-order valence-electron chi connectivity index (χ2n) is 7.67. The van der Waals surface area contributed by atoms with Crippen LogP contribution in [-0.4, -0.2) is 51.6 Å². The maximum atomic E-state index is 11.4. The van der Waals surface area contributed by atoms with Crippen molar-refractivity contribution in [3.63, 3.8) is 0 Å². The highest BCUT2D eigenvalue weighted by molar-refractivity contribution is 7.88. The number of rotatable bonds is 7. The van der Waals surface area contributed by atoms with Gasteiger partial charge >= 0.3 is 0 Å². The van der Waals surface area contributed by atoms with Crippen molar-refractivity contribution in [1.82, 2.24) is 24.7 Å². The lowest BCUT2D eigenvalue weighted by atomic mass is 9.92. The smallest absolute Gasteiger partial charge is 0.271 e. The number of benzene rings is 1. The largest absolute Gasteiger partial charge is 0.351 e. The number of sulfonamides is 1. The average Bonchev–Trinajstić information content (AvgIpc) is 2.75. The molecule has 2 aromatic heterocycles. The summed E-state index contributed by atoms with van der Waals surface area (Å²) in [6.45, 7) is 0. The Labute approximate surface area is 184 Å². The number of anilines is 3. The van der Waals surface area contributed by atoms with Gasteiger partial charge in [0.25, 0.3) is 5.69 Å². The van der Waals surface area contributed by atoms with Gasteiger partial charge in [-0.25, -0.2) is 33.1 Å². The molecule has 0 atom stereocenters. The van der Waals surface area contributed by atoms with E-state index in [1.807, 2.05) is 0 Å². The van der Waals surface area contributed by atoms with Crippen molar-refractivity contribution < 1.29 is 13.3 Å². The number of hydrogen-bond acceptors (Lipinski definition) is 10. The van der Waals surface area contributed by atoms with Gasteiger partial charge in [0, 0.05) is 29.9 Å². The second kappa shape index (κ2) is 8.96. The minimum Gasteiger partial charge on any atom is -0.351 e. The molecule has 0 radical (unpaired) electrons. The van der Waals surface area contributed by atoms with Crippen LogP contribution in [0.5, 0.6) is 0 Å². The highest BCUT2D eigenvalue weighted by Crippen LogP contribution is 2.26. The van der Waals surface area contributed by atoms with Crippen LogP contribution < -0.4 is 15.4 Å². The van der Waals surface area contributed by atoms with E-state index in [4.69, 9.17) is 0 Å². The Bertz CT molecular complexity index is 1250. The molecule has 0 unspecified atom stereocenters. The van der Waals surface area contributed by atoms with Crippen molar-refractivity contribution in [3.8, 4) is 0 Å². The van der Waals surface area contributed by atoms with Crippen LogP contribution in [0, 0.1) is 10.1 Å². The molecular formula is C19H22N8O4S. The molecule has 1 aromatic carbocycles. The maximum Gasteiger partial charge on any atom is 0.271 e. The highest BCUT2D eigenvalue weighted by Gasteiger charge is 2.24. The molecule has 13 heteroatoms. The zero-order valence-corrected chi connectivity index (χ0v) is 18.0. The van der Waals surface area contributed by atoms with E-state index in [0.29, 0.717) is 28.5 Å². The van der Waals surface area contributed by atoms with E-state index in [2.05, 4.69) is 35.3 Å². The molecule has 168 valence electrons. The van der Waals surface area contributed by atoms with E-state index in [1.165, 1.54) is 24.7 Å². The van der Waals surface area contributed by atoms with Crippen LogP contribution in [0.4, 0.5) is 23.1 Å². The zero-order valence-electron chi connectivity index (χ0n) is 17.2. The van der Waals surface area contributed by atoms with Gasteiger partial charge < -0.3 is 10.6 Å². The molecule has 0 spiro atoms. The van der Waals surface area contributed by atoms with Crippen LogP contribution in [0.25, 0.3) is 11.0 Å². The van der Waals surface area contributed by atoms with Crippen molar-refractivity contribution in [2.75, 3.05) is 16.9 Å². The molecule has 3 aromatic rings. The Balaban J connectivity index is 1.49. The molecule has 4 rings (SSSR count). The van der Waals surface area contributed by atoms with Crippen LogP contribution >= 0.6 is 0 Å². The van der Waals surface area contributed by atoms with Crippen molar-refractivity contribution in [1.29, 1.82) is 0 Å². The van der Waals surface area contributed by atoms with Crippen LogP contribution in [-0.2, 0) is 10.0 Å². The summed E-state index contributed by atoms with van der Waals surface area (Å²) in [4.78, 5) is 27.9. The van der Waals surface area contributed by atoms with E-state index < -0.39 is 14.9 Å². The SMILES string of the molecule is CS(=O)(=O)N[C@H]1CC[C@H](Nc2ncc3ncnc(Nc4cccc([N+](=O)[O-])c4)c3n2)CC1. The molecule has 12 nitrogen and oxygen atoms in total. The fourth-order valence-electron chi connectivity index (χ4n) is 3.69. The lowest BCUT2D eigenvalue weighted by molar-refractivity contribution is -0.384. The maximum absolute atomic E-state index is 11.4. The number of aromatic nitrogens is 4. The van der Waals surface area contributed by atoms with Gasteiger partial charge in [0.2, 0.25) is 16.0 Å². The predicted octanol–water partition coefficient (Wildman–Crippen LogP) is 2.34. The first-order valence-electron chi connectivity index (χ1n) is 10.00. The molecule has 32 heavy (non-hydrogen) atoms. The first-order valence-corrected chi connectivity index (χ1v) is 11.9. The number of nitro groups is 1. The van der Waals surface area contributed by atoms with Crippen molar-refractivity contribution in [3.05, 3.63) is 46.9 Å². The Kier molecular flexibility index (Phi) is 6.10. The number of nitrogens with zero attached hydrogens (tertiary/aromatic N) is 5. The van der Waals surface area contributed by atoms with Gasteiger partial charge in [-0.2, -0.15) is 0 Å². The summed E-state index contributed by atoms with van der Waals surface area (Å²) in [6.07, 6.45) is 7.12. The molecule has 1 fully saturated rings. The van der Waals surface area contributed by atoms with Crippen molar-refractivity contribution in [2.24, 2.45) is 0 Å². The van der Waals surface area contributed by atoms with Gasteiger partial charge in [-0.15, -0.1) is 0 Å². The molecule has 0 aliphatic heterocycles. The molecule has 1 aliphatic rings. The molecule has 0 bridgehead atoms. The van der Waals surface area contributed by atoms with E-state index in [-0.39, 0.29) is 17.8 Å². The topological polar surface area (TPSA) is 165 Å². The molecule has 0 amide bonds. The van der Waals surface area contributed by atoms with Gasteiger partial charge in [0.05, 0.1) is 17.4 Å². The summed E-state index contributed by atoms with van der Waals surface area (Å²) < 4.78 is 25.5. The first-order chi connectivity index (χ1) is 15.3. The van der Waals surface area contributed by atoms with Crippen molar-refractivity contribution in [2.45, 2.75) is 37.8 Å². The van der Waals surface area contributed by atoms with E-state index >= 15 is 0 Å². The Morgan fingerprint density at radius 3 is 2.56 bits per heavy atom. The lowest BCUT2D eigenvalue weighted by Crippen LogP contribution is -2.39. The van der Waals surface area contributed by atoms with Crippen LogP contribution in [0.15, 0.2) is 36.8 Å². The minimum absolute atomic E-state index is 0.0358. The fourth-order valence-corrected chi connectivity index (χ4v) is 4.53. The van der Waals surface area contributed by atoms with Gasteiger partial charge in [0.1, 0.15) is 17.4 Å². The van der Waals surface area contributed by atoms with Gasteiger partial charge in [-0.1, -0.05) is 6.07 Å². The number of non-ortho nitro benzene ring substituents is 1. The summed E-state index contributed by atoms with van der Waals surface area (Å²) in [7, 11) is -3.22. The Morgan fingerprint density at radius 1 is 1.09 bits per heavy atom.